The van der Waals surface area contributed by atoms with Crippen LogP contribution in [0.3, 0.4) is 0 Å². The quantitative estimate of drug-likeness (QED) is 0.553. The Morgan fingerprint density at radius 2 is 1.89 bits per heavy atom. The fourth-order valence-electron chi connectivity index (χ4n) is 1.83. The first-order valence-corrected chi connectivity index (χ1v) is 6.12. The number of benzene rings is 2. The van der Waals surface area contributed by atoms with Gasteiger partial charge in [-0.3, -0.25) is 0 Å². The number of hydrazone groups is 1. The number of aromatic nitrogens is 2. The molecule has 1 heterocycles. The maximum Gasteiger partial charge on any atom is 0.222 e. The van der Waals surface area contributed by atoms with Gasteiger partial charge in [-0.15, -0.1) is 0 Å². The van der Waals surface area contributed by atoms with Gasteiger partial charge in [-0.25, -0.2) is 10.4 Å². The van der Waals surface area contributed by atoms with Crippen LogP contribution in [0, 0.1) is 6.92 Å². The number of nitrogens with one attached hydrogen (secondary N) is 2. The highest BCUT2D eigenvalue weighted by Crippen LogP contribution is 2.13. The number of fused-ring (bicyclic) bond motifs is 1. The van der Waals surface area contributed by atoms with E-state index < -0.39 is 0 Å². The highest BCUT2D eigenvalue weighted by atomic mass is 15.3. The number of hydrogen-bond donors (Lipinski definition) is 2. The number of imidazole rings is 1. The number of nitrogens with zero attached hydrogens (tertiary/aromatic N) is 2. The lowest BCUT2D eigenvalue weighted by Gasteiger charge is -1.95. The third kappa shape index (κ3) is 2.63. The molecule has 2 aromatic carbocycles. The largest absolute Gasteiger partial charge is 0.323 e. The van der Waals surface area contributed by atoms with Crippen LogP contribution in [0.25, 0.3) is 11.0 Å². The zero-order chi connectivity index (χ0) is 13.1. The van der Waals surface area contributed by atoms with Crippen LogP contribution in [0.5, 0.6) is 0 Å². The molecule has 3 rings (SSSR count). The Balaban J connectivity index is 1.73. The number of hydrogen-bond acceptors (Lipinski definition) is 3. The topological polar surface area (TPSA) is 53.1 Å². The van der Waals surface area contributed by atoms with E-state index in [1.54, 1.807) is 6.21 Å². The maximum atomic E-state index is 4.38. The van der Waals surface area contributed by atoms with E-state index in [0.29, 0.717) is 5.95 Å². The Kier molecular flexibility index (Phi) is 2.98. The Labute approximate surface area is 111 Å². The molecule has 0 saturated heterocycles. The van der Waals surface area contributed by atoms with Crippen molar-refractivity contribution < 1.29 is 0 Å². The summed E-state index contributed by atoms with van der Waals surface area (Å²) in [6.45, 7) is 2.06. The van der Waals surface area contributed by atoms with Crippen molar-refractivity contribution in [2.75, 3.05) is 5.43 Å². The molecule has 2 N–H and O–H groups in total. The van der Waals surface area contributed by atoms with Crippen molar-refractivity contribution in [3.05, 3.63) is 59.7 Å². The molecular formula is C15H14N4. The molecule has 0 aliphatic carbocycles. The van der Waals surface area contributed by atoms with Gasteiger partial charge >= 0.3 is 0 Å². The third-order valence-corrected chi connectivity index (χ3v) is 2.85. The zero-order valence-electron chi connectivity index (χ0n) is 10.6. The van der Waals surface area contributed by atoms with Crippen molar-refractivity contribution in [2.45, 2.75) is 6.92 Å². The summed E-state index contributed by atoms with van der Waals surface area (Å²) in [6, 6.07) is 16.0. The average Bonchev–Trinajstić information content (AvgIpc) is 2.83. The Morgan fingerprint density at radius 3 is 2.68 bits per heavy atom. The van der Waals surface area contributed by atoms with Crippen molar-refractivity contribution in [2.24, 2.45) is 5.10 Å². The molecule has 0 unspecified atom stereocenters. The van der Waals surface area contributed by atoms with Crippen LogP contribution in [-0.2, 0) is 0 Å². The predicted molar refractivity (Wildman–Crippen MR) is 78.5 cm³/mol. The van der Waals surface area contributed by atoms with Gasteiger partial charge in [0, 0.05) is 0 Å². The molecule has 4 nitrogen and oxygen atoms in total. The first-order valence-electron chi connectivity index (χ1n) is 6.12. The van der Waals surface area contributed by atoms with Gasteiger partial charge in [0.2, 0.25) is 5.95 Å². The van der Waals surface area contributed by atoms with E-state index >= 15 is 0 Å². The SMILES string of the molecule is Cc1ccc(/C=N\Nc2nc3ccccc3[nH]2)cc1. The molecule has 0 fully saturated rings. The first-order chi connectivity index (χ1) is 9.31. The summed E-state index contributed by atoms with van der Waals surface area (Å²) in [4.78, 5) is 7.53. The minimum atomic E-state index is 0.643. The van der Waals surface area contributed by atoms with Crippen LogP contribution in [0.1, 0.15) is 11.1 Å². The molecule has 3 aromatic rings. The molecule has 0 aliphatic heterocycles. The summed E-state index contributed by atoms with van der Waals surface area (Å²) in [5, 5.41) is 4.17. The van der Waals surface area contributed by atoms with E-state index in [2.05, 4.69) is 39.6 Å². The first kappa shape index (κ1) is 11.5. The molecule has 19 heavy (non-hydrogen) atoms. The fraction of sp³-hybridized carbons (Fsp3) is 0.0667. The Hall–Kier alpha value is -2.62. The molecule has 0 radical (unpaired) electrons. The van der Waals surface area contributed by atoms with Crippen LogP contribution >= 0.6 is 0 Å². The van der Waals surface area contributed by atoms with Crippen molar-refractivity contribution in [3.63, 3.8) is 0 Å². The van der Waals surface area contributed by atoms with Crippen molar-refractivity contribution in [1.29, 1.82) is 0 Å². The molecule has 0 amide bonds. The molecule has 0 bridgehead atoms. The molecule has 0 saturated carbocycles. The van der Waals surface area contributed by atoms with Crippen molar-refractivity contribution in [1.82, 2.24) is 9.97 Å². The van der Waals surface area contributed by atoms with Crippen molar-refractivity contribution in [3.8, 4) is 0 Å². The molecule has 4 heteroatoms. The maximum absolute atomic E-state index is 4.38. The summed E-state index contributed by atoms with van der Waals surface area (Å²) < 4.78 is 0. The van der Waals surface area contributed by atoms with E-state index in [9.17, 15) is 0 Å². The third-order valence-electron chi connectivity index (χ3n) is 2.85. The zero-order valence-corrected chi connectivity index (χ0v) is 10.6. The van der Waals surface area contributed by atoms with E-state index in [4.69, 9.17) is 0 Å². The van der Waals surface area contributed by atoms with E-state index in [1.165, 1.54) is 5.56 Å². The summed E-state index contributed by atoms with van der Waals surface area (Å²) in [6.07, 6.45) is 1.77. The second-order valence-electron chi connectivity index (χ2n) is 4.38. The number of H-pyrrole nitrogens is 1. The van der Waals surface area contributed by atoms with Crippen LogP contribution in [0.15, 0.2) is 53.6 Å². The summed E-state index contributed by atoms with van der Waals surface area (Å²) in [7, 11) is 0. The summed E-state index contributed by atoms with van der Waals surface area (Å²) in [5.41, 5.74) is 7.11. The number of rotatable bonds is 3. The van der Waals surface area contributed by atoms with E-state index in [-0.39, 0.29) is 0 Å². The lowest BCUT2D eigenvalue weighted by atomic mass is 10.2. The number of aryl methyl sites for hydroxylation is 1. The Bertz CT molecular complexity index is 677. The van der Waals surface area contributed by atoms with E-state index in [0.717, 1.165) is 16.6 Å². The molecule has 0 aliphatic rings. The molecule has 94 valence electrons. The minimum Gasteiger partial charge on any atom is -0.323 e. The monoisotopic (exact) mass is 250 g/mol. The van der Waals surface area contributed by atoms with Gasteiger partial charge < -0.3 is 4.98 Å². The highest BCUT2D eigenvalue weighted by molar-refractivity contribution is 5.81. The normalized spacial score (nSPS) is 11.2. The Morgan fingerprint density at radius 1 is 1.11 bits per heavy atom. The second-order valence-corrected chi connectivity index (χ2v) is 4.38. The van der Waals surface area contributed by atoms with Gasteiger partial charge in [0.1, 0.15) is 0 Å². The van der Waals surface area contributed by atoms with Crippen molar-refractivity contribution >= 4 is 23.2 Å². The molecule has 0 spiro atoms. The number of aromatic amines is 1. The van der Waals surface area contributed by atoms with Gasteiger partial charge in [0.25, 0.3) is 0 Å². The summed E-state index contributed by atoms with van der Waals surface area (Å²) in [5.74, 6) is 0.643. The smallest absolute Gasteiger partial charge is 0.222 e. The molecule has 1 aromatic heterocycles. The lowest BCUT2D eigenvalue weighted by Crippen LogP contribution is -1.92. The molecular weight excluding hydrogens is 236 g/mol. The standard InChI is InChI=1S/C15H14N4/c1-11-6-8-12(9-7-11)10-16-19-15-17-13-4-2-3-5-14(13)18-15/h2-10H,1H3,(H2,17,18,19)/b16-10-. The lowest BCUT2D eigenvalue weighted by molar-refractivity contribution is 1.21. The van der Waals surface area contributed by atoms with Gasteiger partial charge in [0.05, 0.1) is 17.2 Å². The van der Waals surface area contributed by atoms with E-state index in [1.807, 2.05) is 36.4 Å². The van der Waals surface area contributed by atoms with Gasteiger partial charge in [-0.2, -0.15) is 5.10 Å². The van der Waals surface area contributed by atoms with Gasteiger partial charge in [0.15, 0.2) is 0 Å². The van der Waals surface area contributed by atoms with Crippen LogP contribution in [0.2, 0.25) is 0 Å². The summed E-state index contributed by atoms with van der Waals surface area (Å²) >= 11 is 0. The fourth-order valence-corrected chi connectivity index (χ4v) is 1.83. The highest BCUT2D eigenvalue weighted by Gasteiger charge is 1.99. The number of anilines is 1. The minimum absolute atomic E-state index is 0.643. The van der Waals surface area contributed by atoms with Gasteiger partial charge in [-0.1, -0.05) is 42.0 Å². The predicted octanol–water partition coefficient (Wildman–Crippen LogP) is 3.32. The molecule has 0 atom stereocenters. The van der Waals surface area contributed by atoms with Gasteiger partial charge in [-0.05, 0) is 24.6 Å². The van der Waals surface area contributed by atoms with Crippen LogP contribution < -0.4 is 5.43 Å². The number of para-hydroxylation sites is 2. The second kappa shape index (κ2) is 4.94. The average molecular weight is 250 g/mol. The van der Waals surface area contributed by atoms with Crippen LogP contribution in [-0.4, -0.2) is 16.2 Å². The van der Waals surface area contributed by atoms with Crippen LogP contribution in [0.4, 0.5) is 5.95 Å².